The number of halogens is 1. The van der Waals surface area contributed by atoms with Crippen LogP contribution in [0.4, 0.5) is 0 Å². The molecule has 2 nitrogen and oxygen atoms in total. The van der Waals surface area contributed by atoms with Gasteiger partial charge in [-0.3, -0.25) is 0 Å². The first kappa shape index (κ1) is 13.6. The van der Waals surface area contributed by atoms with E-state index in [1.807, 2.05) is 25.1 Å². The Kier molecular flexibility index (Phi) is 4.43. The normalized spacial score (nSPS) is 10.7. The van der Waals surface area contributed by atoms with Gasteiger partial charge >= 0.3 is 0 Å². The van der Waals surface area contributed by atoms with E-state index in [1.54, 1.807) is 11.8 Å². The summed E-state index contributed by atoms with van der Waals surface area (Å²) in [5.74, 6) is 0. The van der Waals surface area contributed by atoms with Crippen molar-refractivity contribution in [3.8, 4) is 0 Å². The Morgan fingerprint density at radius 2 is 2.00 bits per heavy atom. The van der Waals surface area contributed by atoms with E-state index in [-0.39, 0.29) is 6.61 Å². The first-order valence-corrected chi connectivity index (χ1v) is 7.22. The molecule has 2 rings (SSSR count). The van der Waals surface area contributed by atoms with Crippen LogP contribution in [0.5, 0.6) is 0 Å². The molecule has 0 fully saturated rings. The van der Waals surface area contributed by atoms with Crippen molar-refractivity contribution in [2.45, 2.75) is 30.4 Å². The van der Waals surface area contributed by atoms with Crippen molar-refractivity contribution in [3.05, 3.63) is 51.6 Å². The molecular formula is C14H14BrNOS. The van der Waals surface area contributed by atoms with Gasteiger partial charge in [-0.15, -0.1) is 0 Å². The van der Waals surface area contributed by atoms with Crippen LogP contribution in [0, 0.1) is 13.8 Å². The number of aliphatic hydroxyl groups is 1. The van der Waals surface area contributed by atoms with Gasteiger partial charge in [-0.25, -0.2) is 4.98 Å². The average Bonchev–Trinajstić information content (AvgIpc) is 2.30. The van der Waals surface area contributed by atoms with Gasteiger partial charge in [0.15, 0.2) is 0 Å². The van der Waals surface area contributed by atoms with Crippen LogP contribution in [0.3, 0.4) is 0 Å². The van der Waals surface area contributed by atoms with Crippen molar-refractivity contribution >= 4 is 27.7 Å². The molecule has 0 aliphatic carbocycles. The number of nitrogens with zero attached hydrogens (tertiary/aromatic N) is 1. The third-order valence-corrected chi connectivity index (χ3v) is 4.01. The maximum absolute atomic E-state index is 9.38. The SMILES string of the molecule is Cc1cc(C)nc(Sc2ccc(Br)cc2CO)c1. The number of pyridine rings is 1. The van der Waals surface area contributed by atoms with E-state index >= 15 is 0 Å². The Morgan fingerprint density at radius 3 is 2.67 bits per heavy atom. The Hall–Kier alpha value is -0.840. The Balaban J connectivity index is 2.33. The fourth-order valence-electron chi connectivity index (χ4n) is 1.74. The molecule has 0 saturated heterocycles. The van der Waals surface area contributed by atoms with Gasteiger partial charge in [0.25, 0.3) is 0 Å². The van der Waals surface area contributed by atoms with Gasteiger partial charge in [0.2, 0.25) is 0 Å². The quantitative estimate of drug-likeness (QED) is 0.922. The lowest BCUT2D eigenvalue weighted by Gasteiger charge is -2.08. The van der Waals surface area contributed by atoms with E-state index in [2.05, 4.69) is 40.0 Å². The molecule has 0 bridgehead atoms. The van der Waals surface area contributed by atoms with Gasteiger partial charge in [0.1, 0.15) is 5.03 Å². The molecule has 0 atom stereocenters. The molecule has 4 heteroatoms. The number of rotatable bonds is 3. The predicted octanol–water partition coefficient (Wildman–Crippen LogP) is 4.10. The van der Waals surface area contributed by atoms with E-state index in [9.17, 15) is 5.11 Å². The highest BCUT2D eigenvalue weighted by molar-refractivity contribution is 9.10. The number of hydrogen-bond donors (Lipinski definition) is 1. The molecule has 0 aliphatic heterocycles. The summed E-state index contributed by atoms with van der Waals surface area (Å²) in [5, 5.41) is 10.3. The van der Waals surface area contributed by atoms with Gasteiger partial charge in [-0.05, 0) is 55.3 Å². The van der Waals surface area contributed by atoms with Gasteiger partial charge < -0.3 is 5.11 Å². The van der Waals surface area contributed by atoms with Crippen molar-refractivity contribution in [3.63, 3.8) is 0 Å². The second kappa shape index (κ2) is 5.87. The summed E-state index contributed by atoms with van der Waals surface area (Å²) in [6.07, 6.45) is 0. The van der Waals surface area contributed by atoms with Crippen molar-refractivity contribution in [2.75, 3.05) is 0 Å². The van der Waals surface area contributed by atoms with Crippen molar-refractivity contribution in [1.82, 2.24) is 4.98 Å². The second-order valence-corrected chi connectivity index (χ2v) is 6.11. The zero-order valence-electron chi connectivity index (χ0n) is 10.3. The highest BCUT2D eigenvalue weighted by Gasteiger charge is 2.06. The molecule has 2 aromatic rings. The summed E-state index contributed by atoms with van der Waals surface area (Å²) in [6, 6.07) is 10.0. The molecule has 1 aromatic heterocycles. The molecule has 1 heterocycles. The molecule has 0 amide bonds. The fourth-order valence-corrected chi connectivity index (χ4v) is 3.20. The van der Waals surface area contributed by atoms with E-state index in [0.717, 1.165) is 25.7 Å². The Morgan fingerprint density at radius 1 is 1.22 bits per heavy atom. The lowest BCUT2D eigenvalue weighted by atomic mass is 10.2. The minimum absolute atomic E-state index is 0.0343. The zero-order chi connectivity index (χ0) is 13.1. The Labute approximate surface area is 120 Å². The monoisotopic (exact) mass is 323 g/mol. The van der Waals surface area contributed by atoms with Crippen molar-refractivity contribution in [1.29, 1.82) is 0 Å². The molecule has 18 heavy (non-hydrogen) atoms. The smallest absolute Gasteiger partial charge is 0.101 e. The zero-order valence-corrected chi connectivity index (χ0v) is 12.7. The number of hydrogen-bond acceptors (Lipinski definition) is 3. The maximum atomic E-state index is 9.38. The van der Waals surface area contributed by atoms with Crippen LogP contribution in [0.15, 0.2) is 44.7 Å². The summed E-state index contributed by atoms with van der Waals surface area (Å²) >= 11 is 4.99. The summed E-state index contributed by atoms with van der Waals surface area (Å²) in [5.41, 5.74) is 3.13. The summed E-state index contributed by atoms with van der Waals surface area (Å²) in [4.78, 5) is 5.54. The summed E-state index contributed by atoms with van der Waals surface area (Å²) in [7, 11) is 0. The second-order valence-electron chi connectivity index (χ2n) is 4.14. The highest BCUT2D eigenvalue weighted by atomic mass is 79.9. The lowest BCUT2D eigenvalue weighted by molar-refractivity contribution is 0.279. The fraction of sp³-hybridized carbons (Fsp3) is 0.214. The predicted molar refractivity (Wildman–Crippen MR) is 77.9 cm³/mol. The first-order valence-electron chi connectivity index (χ1n) is 5.61. The number of aromatic nitrogens is 1. The highest BCUT2D eigenvalue weighted by Crippen LogP contribution is 2.31. The van der Waals surface area contributed by atoms with Gasteiger partial charge in [-0.1, -0.05) is 27.7 Å². The molecule has 0 unspecified atom stereocenters. The molecular weight excluding hydrogens is 310 g/mol. The average molecular weight is 324 g/mol. The molecule has 0 radical (unpaired) electrons. The van der Waals surface area contributed by atoms with E-state index in [0.29, 0.717) is 0 Å². The van der Waals surface area contributed by atoms with E-state index in [4.69, 9.17) is 0 Å². The third-order valence-electron chi connectivity index (χ3n) is 2.48. The minimum Gasteiger partial charge on any atom is -0.392 e. The number of aryl methyl sites for hydroxylation is 2. The van der Waals surface area contributed by atoms with Crippen LogP contribution in [0.25, 0.3) is 0 Å². The van der Waals surface area contributed by atoms with Crippen LogP contribution in [0.1, 0.15) is 16.8 Å². The maximum Gasteiger partial charge on any atom is 0.101 e. The first-order chi connectivity index (χ1) is 8.58. The largest absolute Gasteiger partial charge is 0.392 e. The molecule has 0 spiro atoms. The summed E-state index contributed by atoms with van der Waals surface area (Å²) < 4.78 is 0.976. The Bertz CT molecular complexity index is 551. The molecule has 94 valence electrons. The standard InChI is InChI=1S/C14H14BrNOS/c1-9-5-10(2)16-14(6-9)18-13-4-3-12(15)7-11(13)8-17/h3-7,17H,8H2,1-2H3. The van der Waals surface area contributed by atoms with Gasteiger partial charge in [-0.2, -0.15) is 0 Å². The molecule has 0 aliphatic rings. The van der Waals surface area contributed by atoms with E-state index < -0.39 is 0 Å². The van der Waals surface area contributed by atoms with Crippen LogP contribution in [-0.4, -0.2) is 10.1 Å². The van der Waals surface area contributed by atoms with Crippen LogP contribution < -0.4 is 0 Å². The number of benzene rings is 1. The number of aliphatic hydroxyl groups excluding tert-OH is 1. The molecule has 0 saturated carbocycles. The third kappa shape index (κ3) is 3.34. The van der Waals surface area contributed by atoms with Crippen LogP contribution >= 0.6 is 27.7 Å². The van der Waals surface area contributed by atoms with E-state index in [1.165, 1.54) is 5.56 Å². The molecule has 1 aromatic carbocycles. The van der Waals surface area contributed by atoms with Crippen LogP contribution in [0.2, 0.25) is 0 Å². The lowest BCUT2D eigenvalue weighted by Crippen LogP contribution is -1.90. The van der Waals surface area contributed by atoms with Crippen molar-refractivity contribution in [2.24, 2.45) is 0 Å². The van der Waals surface area contributed by atoms with Gasteiger partial charge in [0.05, 0.1) is 6.61 Å². The summed E-state index contributed by atoms with van der Waals surface area (Å²) in [6.45, 7) is 4.09. The molecule has 1 N–H and O–H groups in total. The van der Waals surface area contributed by atoms with Gasteiger partial charge in [0, 0.05) is 15.1 Å². The van der Waals surface area contributed by atoms with Crippen LogP contribution in [-0.2, 0) is 6.61 Å². The topological polar surface area (TPSA) is 33.1 Å². The van der Waals surface area contributed by atoms with Crippen molar-refractivity contribution < 1.29 is 5.11 Å². The minimum atomic E-state index is 0.0343.